The molecule has 1 N–H and O–H groups in total. The molecule has 2 aliphatic rings. The standard InChI is InChI=1S/C21H21N5O5/c1-3-31-16-8-4-13(5-9-16)22-17(27)12-25-19-18(23-24-25)20(28)26(21(19)29)14-6-10-15(30-2)11-7-14/h4-11,18-19H,3,12H2,1-2H3,(H,22,27)/t18-,19-/m1/s1. The normalized spacial score (nSPS) is 19.5. The Morgan fingerprint density at radius 3 is 2.35 bits per heavy atom. The van der Waals surface area contributed by atoms with Gasteiger partial charge in [0, 0.05) is 5.69 Å². The molecule has 0 spiro atoms. The van der Waals surface area contributed by atoms with Gasteiger partial charge in [0.25, 0.3) is 11.8 Å². The zero-order chi connectivity index (χ0) is 22.0. The van der Waals surface area contributed by atoms with Crippen molar-refractivity contribution in [2.75, 3.05) is 30.5 Å². The zero-order valence-corrected chi connectivity index (χ0v) is 17.0. The topological polar surface area (TPSA) is 113 Å². The van der Waals surface area contributed by atoms with E-state index in [0.717, 1.165) is 4.90 Å². The lowest BCUT2D eigenvalue weighted by atomic mass is 10.1. The minimum atomic E-state index is -0.965. The Morgan fingerprint density at radius 1 is 1.03 bits per heavy atom. The molecule has 1 saturated heterocycles. The van der Waals surface area contributed by atoms with Crippen LogP contribution in [0.1, 0.15) is 6.92 Å². The molecule has 0 aromatic heterocycles. The average molecular weight is 423 g/mol. The number of nitrogens with one attached hydrogen (secondary N) is 1. The highest BCUT2D eigenvalue weighted by atomic mass is 16.5. The number of imide groups is 1. The molecule has 2 aromatic carbocycles. The quantitative estimate of drug-likeness (QED) is 0.682. The lowest BCUT2D eigenvalue weighted by Crippen LogP contribution is -2.43. The van der Waals surface area contributed by atoms with Crippen LogP contribution in [0.2, 0.25) is 0 Å². The van der Waals surface area contributed by atoms with Gasteiger partial charge in [0.1, 0.15) is 18.0 Å². The summed E-state index contributed by atoms with van der Waals surface area (Å²) in [5.41, 5.74) is 0.994. The van der Waals surface area contributed by atoms with E-state index in [9.17, 15) is 14.4 Å². The number of rotatable bonds is 7. The number of benzene rings is 2. The van der Waals surface area contributed by atoms with Gasteiger partial charge in [-0.05, 0) is 55.5 Å². The summed E-state index contributed by atoms with van der Waals surface area (Å²) in [7, 11) is 1.53. The number of carbonyl (C=O) groups excluding carboxylic acids is 3. The molecule has 0 unspecified atom stereocenters. The second-order valence-electron chi connectivity index (χ2n) is 6.91. The van der Waals surface area contributed by atoms with Gasteiger partial charge in [-0.2, -0.15) is 5.11 Å². The maximum atomic E-state index is 13.0. The van der Waals surface area contributed by atoms with Crippen molar-refractivity contribution < 1.29 is 23.9 Å². The van der Waals surface area contributed by atoms with Crippen LogP contribution in [0.5, 0.6) is 11.5 Å². The summed E-state index contributed by atoms with van der Waals surface area (Å²) in [5, 5.41) is 11.8. The van der Waals surface area contributed by atoms with Gasteiger partial charge in [0.2, 0.25) is 5.91 Å². The Kier molecular flexibility index (Phi) is 5.52. The number of carbonyl (C=O) groups is 3. The maximum absolute atomic E-state index is 13.0. The SMILES string of the molecule is CCOc1ccc(NC(=O)CN2N=N[C@H]3C(=O)N(c4ccc(OC)cc4)C(=O)[C@@H]32)cc1. The largest absolute Gasteiger partial charge is 0.497 e. The van der Waals surface area contributed by atoms with Crippen molar-refractivity contribution in [1.29, 1.82) is 0 Å². The number of hydrogen-bond acceptors (Lipinski definition) is 8. The van der Waals surface area contributed by atoms with Gasteiger partial charge in [0.15, 0.2) is 12.1 Å². The first kappa shape index (κ1) is 20.3. The fraction of sp³-hybridized carbons (Fsp3) is 0.286. The lowest BCUT2D eigenvalue weighted by Gasteiger charge is -2.20. The van der Waals surface area contributed by atoms with Crippen molar-refractivity contribution in [2.45, 2.75) is 19.0 Å². The molecule has 2 aromatic rings. The van der Waals surface area contributed by atoms with Crippen molar-refractivity contribution >= 4 is 29.1 Å². The summed E-state index contributed by atoms with van der Waals surface area (Å²) in [4.78, 5) is 39.3. The average Bonchev–Trinajstić information content (AvgIpc) is 3.29. The molecule has 2 heterocycles. The molecular weight excluding hydrogens is 402 g/mol. The van der Waals surface area contributed by atoms with E-state index in [-0.39, 0.29) is 12.5 Å². The third-order valence-corrected chi connectivity index (χ3v) is 4.94. The molecule has 2 aliphatic heterocycles. The molecule has 160 valence electrons. The number of ether oxygens (including phenoxy) is 2. The minimum Gasteiger partial charge on any atom is -0.497 e. The van der Waals surface area contributed by atoms with Gasteiger partial charge in [-0.25, -0.2) is 4.90 Å². The molecular formula is C21H21N5O5. The van der Waals surface area contributed by atoms with Crippen LogP contribution < -0.4 is 19.7 Å². The minimum absolute atomic E-state index is 0.215. The number of methoxy groups -OCH3 is 1. The summed E-state index contributed by atoms with van der Waals surface area (Å²) in [5.74, 6) is -0.0232. The highest BCUT2D eigenvalue weighted by Gasteiger charge is 2.55. The second-order valence-corrected chi connectivity index (χ2v) is 6.91. The first-order valence-corrected chi connectivity index (χ1v) is 9.74. The van der Waals surface area contributed by atoms with Crippen LogP contribution >= 0.6 is 0 Å². The molecule has 0 radical (unpaired) electrons. The van der Waals surface area contributed by atoms with Gasteiger partial charge in [-0.1, -0.05) is 5.22 Å². The van der Waals surface area contributed by atoms with Crippen LogP contribution in [0.25, 0.3) is 0 Å². The molecule has 0 bridgehead atoms. The van der Waals surface area contributed by atoms with E-state index in [4.69, 9.17) is 9.47 Å². The number of fused-ring (bicyclic) bond motifs is 1. The number of nitrogens with zero attached hydrogens (tertiary/aromatic N) is 4. The van der Waals surface area contributed by atoms with E-state index in [1.54, 1.807) is 48.5 Å². The van der Waals surface area contributed by atoms with E-state index < -0.39 is 23.9 Å². The highest BCUT2D eigenvalue weighted by molar-refractivity contribution is 6.25. The predicted octanol–water partition coefficient (Wildman–Crippen LogP) is 2.03. The van der Waals surface area contributed by atoms with Gasteiger partial charge in [-0.15, -0.1) is 0 Å². The molecule has 10 nitrogen and oxygen atoms in total. The molecule has 0 saturated carbocycles. The summed E-state index contributed by atoms with van der Waals surface area (Å²) in [6, 6.07) is 11.6. The van der Waals surface area contributed by atoms with E-state index in [2.05, 4.69) is 15.7 Å². The van der Waals surface area contributed by atoms with E-state index in [0.29, 0.717) is 29.5 Å². The highest BCUT2D eigenvalue weighted by Crippen LogP contribution is 2.32. The molecule has 0 aliphatic carbocycles. The van der Waals surface area contributed by atoms with Crippen LogP contribution in [0.15, 0.2) is 58.9 Å². The van der Waals surface area contributed by atoms with Crippen molar-refractivity contribution in [3.05, 3.63) is 48.5 Å². The molecule has 2 atom stereocenters. The van der Waals surface area contributed by atoms with E-state index in [1.165, 1.54) is 12.1 Å². The summed E-state index contributed by atoms with van der Waals surface area (Å²) >= 11 is 0. The van der Waals surface area contributed by atoms with Crippen LogP contribution in [-0.4, -0.2) is 55.1 Å². The van der Waals surface area contributed by atoms with Gasteiger partial charge in [0.05, 0.1) is 19.4 Å². The predicted molar refractivity (Wildman–Crippen MR) is 111 cm³/mol. The van der Waals surface area contributed by atoms with Crippen LogP contribution in [0.4, 0.5) is 11.4 Å². The van der Waals surface area contributed by atoms with Crippen LogP contribution in [0, 0.1) is 0 Å². The Hall–Kier alpha value is -3.95. The van der Waals surface area contributed by atoms with Crippen molar-refractivity contribution in [1.82, 2.24) is 5.01 Å². The summed E-state index contributed by atoms with van der Waals surface area (Å²) in [6.45, 7) is 2.22. The molecule has 4 rings (SSSR count). The van der Waals surface area contributed by atoms with Crippen molar-refractivity contribution in [3.63, 3.8) is 0 Å². The summed E-state index contributed by atoms with van der Waals surface area (Å²) < 4.78 is 10.5. The first-order chi connectivity index (χ1) is 15.0. The maximum Gasteiger partial charge on any atom is 0.263 e. The van der Waals surface area contributed by atoms with Crippen LogP contribution in [-0.2, 0) is 14.4 Å². The number of anilines is 2. The zero-order valence-electron chi connectivity index (χ0n) is 17.0. The van der Waals surface area contributed by atoms with Crippen LogP contribution in [0.3, 0.4) is 0 Å². The third kappa shape index (κ3) is 3.91. The van der Waals surface area contributed by atoms with E-state index >= 15 is 0 Å². The molecule has 1 fully saturated rings. The Morgan fingerprint density at radius 2 is 1.71 bits per heavy atom. The Balaban J connectivity index is 1.43. The Bertz CT molecular complexity index is 1020. The smallest absolute Gasteiger partial charge is 0.263 e. The first-order valence-electron chi connectivity index (χ1n) is 9.74. The van der Waals surface area contributed by atoms with E-state index in [1.807, 2.05) is 6.92 Å². The fourth-order valence-corrected chi connectivity index (χ4v) is 3.49. The van der Waals surface area contributed by atoms with Crippen molar-refractivity contribution in [3.8, 4) is 11.5 Å². The number of amides is 3. The lowest BCUT2D eigenvalue weighted by molar-refractivity contribution is -0.123. The molecule has 3 amide bonds. The van der Waals surface area contributed by atoms with Gasteiger partial charge in [-0.3, -0.25) is 19.4 Å². The molecule has 10 heteroatoms. The molecule has 31 heavy (non-hydrogen) atoms. The Labute approximate surface area is 178 Å². The summed E-state index contributed by atoms with van der Waals surface area (Å²) in [6.07, 6.45) is 0. The van der Waals surface area contributed by atoms with Crippen molar-refractivity contribution in [2.24, 2.45) is 10.3 Å². The number of hydrogen-bond donors (Lipinski definition) is 1. The third-order valence-electron chi connectivity index (χ3n) is 4.94. The van der Waals surface area contributed by atoms with Gasteiger partial charge >= 0.3 is 0 Å². The monoisotopic (exact) mass is 423 g/mol. The second kappa shape index (κ2) is 8.42. The fourth-order valence-electron chi connectivity index (χ4n) is 3.49. The van der Waals surface area contributed by atoms with Gasteiger partial charge < -0.3 is 14.8 Å².